The Bertz CT molecular complexity index is 451. The van der Waals surface area contributed by atoms with Crippen molar-refractivity contribution in [2.75, 3.05) is 0 Å². The van der Waals surface area contributed by atoms with Gasteiger partial charge in [-0.05, 0) is 52.1 Å². The summed E-state index contributed by atoms with van der Waals surface area (Å²) in [4.78, 5) is 0.999. The fourth-order valence-corrected chi connectivity index (χ4v) is 2.86. The van der Waals surface area contributed by atoms with E-state index in [1.54, 1.807) is 11.3 Å². The number of aryl methyl sites for hydroxylation is 1. The molecule has 1 nitrogen and oxygen atoms in total. The zero-order valence-electron chi connectivity index (χ0n) is 8.27. The Labute approximate surface area is 107 Å². The van der Waals surface area contributed by atoms with Crippen molar-refractivity contribution in [1.29, 1.82) is 0 Å². The van der Waals surface area contributed by atoms with Crippen LogP contribution in [0.25, 0.3) is 0 Å². The first-order valence-corrected chi connectivity index (χ1v) is 6.62. The molecule has 1 heterocycles. The zero-order valence-corrected chi connectivity index (χ0v) is 11.2. The van der Waals surface area contributed by atoms with Crippen LogP contribution in [-0.2, 0) is 0 Å². The van der Waals surface area contributed by atoms with E-state index in [1.807, 2.05) is 29.6 Å². The third kappa shape index (κ3) is 2.24. The number of rotatable bonds is 2. The molecule has 0 amide bonds. The van der Waals surface area contributed by atoms with Gasteiger partial charge in [-0.3, -0.25) is 0 Å². The van der Waals surface area contributed by atoms with Crippen molar-refractivity contribution >= 4 is 33.9 Å². The fraction of sp³-hybridized carbons (Fsp3) is 0.167. The number of aliphatic hydroxyl groups is 1. The molecule has 0 aliphatic rings. The molecule has 0 aliphatic carbocycles. The summed E-state index contributed by atoms with van der Waals surface area (Å²) in [6.45, 7) is 2.06. The molecule has 3 heteroatoms. The van der Waals surface area contributed by atoms with E-state index in [9.17, 15) is 5.11 Å². The number of aliphatic hydroxyl groups excluding tert-OH is 1. The maximum atomic E-state index is 10.2. The van der Waals surface area contributed by atoms with E-state index in [4.69, 9.17) is 0 Å². The number of hydrogen-bond acceptors (Lipinski definition) is 2. The van der Waals surface area contributed by atoms with E-state index >= 15 is 0 Å². The molecule has 15 heavy (non-hydrogen) atoms. The normalized spacial score (nSPS) is 12.7. The Morgan fingerprint density at radius 3 is 2.73 bits per heavy atom. The summed E-state index contributed by atoms with van der Waals surface area (Å²) in [6, 6.07) is 9.97. The molecule has 0 fully saturated rings. The van der Waals surface area contributed by atoms with Gasteiger partial charge in [0.05, 0.1) is 0 Å². The van der Waals surface area contributed by atoms with E-state index < -0.39 is 6.10 Å². The molecule has 2 rings (SSSR count). The van der Waals surface area contributed by atoms with Gasteiger partial charge in [0.2, 0.25) is 0 Å². The highest BCUT2D eigenvalue weighted by atomic mass is 127. The topological polar surface area (TPSA) is 20.2 Å². The summed E-state index contributed by atoms with van der Waals surface area (Å²) < 4.78 is 1.15. The quantitative estimate of drug-likeness (QED) is 0.832. The van der Waals surface area contributed by atoms with Gasteiger partial charge in [-0.25, -0.2) is 0 Å². The van der Waals surface area contributed by atoms with Crippen LogP contribution in [0, 0.1) is 10.5 Å². The highest BCUT2D eigenvalue weighted by molar-refractivity contribution is 14.1. The fourth-order valence-electron chi connectivity index (χ4n) is 1.48. The van der Waals surface area contributed by atoms with E-state index in [0.717, 1.165) is 14.0 Å². The molecule has 0 saturated carbocycles. The Kier molecular flexibility index (Phi) is 3.43. The monoisotopic (exact) mass is 330 g/mol. The van der Waals surface area contributed by atoms with Gasteiger partial charge < -0.3 is 5.11 Å². The first kappa shape index (κ1) is 11.1. The highest BCUT2D eigenvalue weighted by Gasteiger charge is 2.14. The van der Waals surface area contributed by atoms with Crippen LogP contribution >= 0.6 is 33.9 Å². The van der Waals surface area contributed by atoms with Crippen LogP contribution in [0.1, 0.15) is 22.1 Å². The van der Waals surface area contributed by atoms with Crippen LogP contribution in [0.5, 0.6) is 0 Å². The van der Waals surface area contributed by atoms with Crippen molar-refractivity contribution in [3.63, 3.8) is 0 Å². The molecule has 0 spiro atoms. The van der Waals surface area contributed by atoms with Crippen molar-refractivity contribution < 1.29 is 5.11 Å². The predicted molar refractivity (Wildman–Crippen MR) is 72.3 cm³/mol. The van der Waals surface area contributed by atoms with Gasteiger partial charge in [-0.2, -0.15) is 0 Å². The lowest BCUT2D eigenvalue weighted by molar-refractivity contribution is 0.223. The second-order valence-corrected chi connectivity index (χ2v) is 5.45. The van der Waals surface area contributed by atoms with Gasteiger partial charge in [0.25, 0.3) is 0 Å². The maximum absolute atomic E-state index is 10.2. The van der Waals surface area contributed by atoms with Gasteiger partial charge in [0, 0.05) is 8.45 Å². The Morgan fingerprint density at radius 1 is 1.27 bits per heavy atom. The predicted octanol–water partition coefficient (Wildman–Crippen LogP) is 3.74. The van der Waals surface area contributed by atoms with E-state index in [0.29, 0.717) is 0 Å². The van der Waals surface area contributed by atoms with E-state index in [2.05, 4.69) is 35.6 Å². The van der Waals surface area contributed by atoms with Crippen molar-refractivity contribution in [2.45, 2.75) is 13.0 Å². The first-order valence-electron chi connectivity index (χ1n) is 4.66. The van der Waals surface area contributed by atoms with Crippen molar-refractivity contribution in [3.8, 4) is 0 Å². The molecule has 1 N–H and O–H groups in total. The van der Waals surface area contributed by atoms with Crippen LogP contribution < -0.4 is 0 Å². The molecular weight excluding hydrogens is 319 g/mol. The minimum absolute atomic E-state index is 0.489. The van der Waals surface area contributed by atoms with E-state index in [-0.39, 0.29) is 0 Å². The van der Waals surface area contributed by atoms with Gasteiger partial charge >= 0.3 is 0 Å². The third-order valence-electron chi connectivity index (χ3n) is 2.33. The molecule has 1 aromatic carbocycles. The van der Waals surface area contributed by atoms with Gasteiger partial charge in [-0.15, -0.1) is 11.3 Å². The zero-order chi connectivity index (χ0) is 10.8. The summed E-state index contributed by atoms with van der Waals surface area (Å²) in [7, 11) is 0. The smallest absolute Gasteiger partial charge is 0.114 e. The second-order valence-electron chi connectivity index (χ2n) is 3.40. The summed E-state index contributed by atoms with van der Waals surface area (Å²) in [5.74, 6) is 0. The van der Waals surface area contributed by atoms with Crippen LogP contribution in [0.4, 0.5) is 0 Å². The van der Waals surface area contributed by atoms with E-state index in [1.165, 1.54) is 5.56 Å². The maximum Gasteiger partial charge on any atom is 0.114 e. The molecule has 0 radical (unpaired) electrons. The van der Waals surface area contributed by atoms with Crippen molar-refractivity contribution in [1.82, 2.24) is 0 Å². The molecule has 2 aromatic rings. The van der Waals surface area contributed by atoms with Gasteiger partial charge in [-0.1, -0.05) is 24.3 Å². The lowest BCUT2D eigenvalue weighted by Gasteiger charge is -2.12. The molecule has 0 aliphatic heterocycles. The number of hydrogen-bond donors (Lipinski definition) is 1. The van der Waals surface area contributed by atoms with Crippen LogP contribution in [-0.4, -0.2) is 5.11 Å². The SMILES string of the molecule is Cc1cccc(C(O)c2cccs2)c1I. The minimum Gasteiger partial charge on any atom is -0.383 e. The van der Waals surface area contributed by atoms with Gasteiger partial charge in [0.15, 0.2) is 0 Å². The Balaban J connectivity index is 2.42. The highest BCUT2D eigenvalue weighted by Crippen LogP contribution is 2.30. The van der Waals surface area contributed by atoms with Crippen molar-refractivity contribution in [2.24, 2.45) is 0 Å². The molecule has 1 aromatic heterocycles. The summed E-state index contributed by atoms with van der Waals surface area (Å²) in [5, 5.41) is 12.2. The summed E-state index contributed by atoms with van der Waals surface area (Å²) >= 11 is 3.88. The summed E-state index contributed by atoms with van der Waals surface area (Å²) in [5.41, 5.74) is 2.21. The van der Waals surface area contributed by atoms with Crippen LogP contribution in [0.15, 0.2) is 35.7 Å². The Hall–Kier alpha value is -0.390. The van der Waals surface area contributed by atoms with Gasteiger partial charge in [0.1, 0.15) is 6.10 Å². The van der Waals surface area contributed by atoms with Crippen LogP contribution in [0.2, 0.25) is 0 Å². The lowest BCUT2D eigenvalue weighted by atomic mass is 10.1. The second kappa shape index (κ2) is 4.63. The number of benzene rings is 1. The lowest BCUT2D eigenvalue weighted by Crippen LogP contribution is -2.00. The standard InChI is InChI=1S/C12H11IOS/c1-8-4-2-5-9(11(8)13)12(14)10-6-3-7-15-10/h2-7,12,14H,1H3. The largest absolute Gasteiger partial charge is 0.383 e. The minimum atomic E-state index is -0.489. The summed E-state index contributed by atoms with van der Waals surface area (Å²) in [6.07, 6.45) is -0.489. The average molecular weight is 330 g/mol. The first-order chi connectivity index (χ1) is 7.20. The Morgan fingerprint density at radius 2 is 2.07 bits per heavy atom. The average Bonchev–Trinajstić information content (AvgIpc) is 2.74. The number of halogens is 1. The molecule has 1 atom stereocenters. The van der Waals surface area contributed by atoms with Crippen molar-refractivity contribution in [3.05, 3.63) is 55.3 Å². The molecular formula is C12H11IOS. The number of thiophene rings is 1. The molecule has 0 bridgehead atoms. The van der Waals surface area contributed by atoms with Crippen LogP contribution in [0.3, 0.4) is 0 Å². The molecule has 78 valence electrons. The third-order valence-corrected chi connectivity index (χ3v) is 4.73. The molecule has 0 saturated heterocycles. The molecule has 1 unspecified atom stereocenters.